The lowest BCUT2D eigenvalue weighted by Gasteiger charge is -2.04. The van der Waals surface area contributed by atoms with E-state index < -0.39 is 10.5 Å². The van der Waals surface area contributed by atoms with Crippen LogP contribution in [0.15, 0.2) is 87.5 Å². The molecule has 1 N–H and O–H groups in total. The maximum Gasteiger partial charge on any atom is 0.345 e. The summed E-state index contributed by atoms with van der Waals surface area (Å²) < 4.78 is 5.55. The summed E-state index contributed by atoms with van der Waals surface area (Å²) in [5.41, 5.74) is 1.52. The summed E-state index contributed by atoms with van der Waals surface area (Å²) in [6, 6.07) is 21.2. The molecule has 0 radical (unpaired) electrons. The van der Waals surface area contributed by atoms with E-state index in [2.05, 4.69) is 16.4 Å². The van der Waals surface area contributed by atoms with Crippen molar-refractivity contribution in [2.45, 2.75) is 0 Å². The number of hydrogen-bond acceptors (Lipinski definition) is 8. The number of non-ortho nitro benzene ring substituents is 1. The number of nitro benzene ring substituents is 1. The van der Waals surface area contributed by atoms with Crippen molar-refractivity contribution < 1.29 is 9.34 Å². The Morgan fingerprint density at radius 2 is 1.91 bits per heavy atom. The van der Waals surface area contributed by atoms with Gasteiger partial charge in [-0.1, -0.05) is 30.3 Å². The molecule has 8 nitrogen and oxygen atoms in total. The van der Waals surface area contributed by atoms with Gasteiger partial charge in [-0.25, -0.2) is 9.78 Å². The highest BCUT2D eigenvalue weighted by Crippen LogP contribution is 2.30. The van der Waals surface area contributed by atoms with Gasteiger partial charge < -0.3 is 9.73 Å². The normalized spacial score (nSPS) is 11.4. The highest BCUT2D eigenvalue weighted by molar-refractivity contribution is 7.11. The fourth-order valence-corrected chi connectivity index (χ4v) is 4.33. The molecular weight excluding hydrogens is 452 g/mol. The summed E-state index contributed by atoms with van der Waals surface area (Å²) in [4.78, 5) is 27.5. The monoisotopic (exact) mass is 466 g/mol. The quantitative estimate of drug-likeness (QED) is 0.112. The number of fused-ring (bicyclic) bond motifs is 3. The van der Waals surface area contributed by atoms with Crippen molar-refractivity contribution in [2.75, 3.05) is 5.32 Å². The van der Waals surface area contributed by atoms with Crippen LogP contribution in [0.25, 0.3) is 38.6 Å². The van der Waals surface area contributed by atoms with E-state index >= 15 is 0 Å². The van der Waals surface area contributed by atoms with Crippen molar-refractivity contribution in [2.24, 2.45) is 0 Å². The number of nitrogens with one attached hydrogen (secondary N) is 1. The van der Waals surface area contributed by atoms with Crippen molar-refractivity contribution in [1.82, 2.24) is 4.98 Å². The van der Waals surface area contributed by atoms with E-state index in [-0.39, 0.29) is 11.3 Å². The van der Waals surface area contributed by atoms with Crippen LogP contribution in [0.4, 0.5) is 11.4 Å². The van der Waals surface area contributed by atoms with Gasteiger partial charge in [0.15, 0.2) is 0 Å². The summed E-state index contributed by atoms with van der Waals surface area (Å²) in [6.07, 6.45) is 1.47. The van der Waals surface area contributed by atoms with Crippen LogP contribution in [0, 0.1) is 21.4 Å². The van der Waals surface area contributed by atoms with Gasteiger partial charge in [-0.05, 0) is 35.0 Å². The lowest BCUT2D eigenvalue weighted by molar-refractivity contribution is -0.384. The number of hydrogen-bond donors (Lipinski definition) is 1. The minimum absolute atomic E-state index is 0.0263. The predicted molar refractivity (Wildman–Crippen MR) is 131 cm³/mol. The third-order valence-corrected chi connectivity index (χ3v) is 6.11. The first-order valence-corrected chi connectivity index (χ1v) is 10.9. The first-order chi connectivity index (χ1) is 16.5. The molecule has 0 aliphatic carbocycles. The largest absolute Gasteiger partial charge is 0.422 e. The van der Waals surface area contributed by atoms with Crippen molar-refractivity contribution in [1.29, 1.82) is 5.26 Å². The summed E-state index contributed by atoms with van der Waals surface area (Å²) in [5.74, 6) is 0. The van der Waals surface area contributed by atoms with Crippen LogP contribution in [0.3, 0.4) is 0 Å². The molecule has 0 amide bonds. The van der Waals surface area contributed by atoms with E-state index in [1.807, 2.05) is 30.3 Å². The predicted octanol–water partition coefficient (Wildman–Crippen LogP) is 5.95. The molecule has 2 heterocycles. The molecule has 0 aliphatic rings. The number of nitriles is 1. The van der Waals surface area contributed by atoms with E-state index in [4.69, 9.17) is 4.42 Å². The second-order valence-electron chi connectivity index (χ2n) is 7.30. The van der Waals surface area contributed by atoms with Gasteiger partial charge in [0.2, 0.25) is 0 Å². The lowest BCUT2D eigenvalue weighted by Crippen LogP contribution is -2.03. The van der Waals surface area contributed by atoms with Crippen LogP contribution in [-0.4, -0.2) is 9.91 Å². The van der Waals surface area contributed by atoms with Crippen LogP contribution in [0.5, 0.6) is 0 Å². The Bertz CT molecular complexity index is 1690. The Morgan fingerprint density at radius 1 is 1.12 bits per heavy atom. The topological polar surface area (TPSA) is 122 Å². The van der Waals surface area contributed by atoms with Gasteiger partial charge in [0, 0.05) is 34.8 Å². The first-order valence-electron chi connectivity index (χ1n) is 10.1. The number of thiazole rings is 1. The summed E-state index contributed by atoms with van der Waals surface area (Å²) >= 11 is 1.22. The SMILES string of the molecule is N#C/C(=C\Nc1ccc([N+](=O)[O-])cc1)c1nc(-c2cc3c(ccc4ccccc43)oc2=O)cs1. The van der Waals surface area contributed by atoms with Gasteiger partial charge in [-0.15, -0.1) is 11.3 Å². The van der Waals surface area contributed by atoms with Crippen molar-refractivity contribution in [3.8, 4) is 17.3 Å². The van der Waals surface area contributed by atoms with E-state index in [0.29, 0.717) is 27.5 Å². The fourth-order valence-electron chi connectivity index (χ4n) is 3.55. The zero-order valence-electron chi connectivity index (χ0n) is 17.4. The van der Waals surface area contributed by atoms with Crippen molar-refractivity contribution in [3.63, 3.8) is 0 Å². The van der Waals surface area contributed by atoms with Crippen LogP contribution in [0.2, 0.25) is 0 Å². The molecule has 0 saturated heterocycles. The molecule has 0 saturated carbocycles. The lowest BCUT2D eigenvalue weighted by atomic mass is 10.0. The fraction of sp³-hybridized carbons (Fsp3) is 0. The first kappa shape index (κ1) is 21.1. The molecule has 0 spiro atoms. The molecule has 5 aromatic rings. The Labute approximate surface area is 196 Å². The standard InChI is InChI=1S/C25H14N4O4S/c26-12-16(13-27-17-6-8-18(9-7-17)29(31)32)24-28-22(14-34-24)21-11-20-19-4-2-1-3-15(19)5-10-23(20)33-25(21)30/h1-11,13-14,27H/b16-13+. The Hall–Kier alpha value is -4.81. The molecule has 0 atom stereocenters. The second kappa shape index (κ2) is 8.61. The maximum absolute atomic E-state index is 12.7. The summed E-state index contributed by atoms with van der Waals surface area (Å²) in [6.45, 7) is 0. The minimum atomic E-state index is -0.508. The van der Waals surface area contributed by atoms with Gasteiger partial charge in [-0.3, -0.25) is 10.1 Å². The number of aromatic nitrogens is 1. The number of rotatable bonds is 5. The van der Waals surface area contributed by atoms with Gasteiger partial charge in [0.1, 0.15) is 22.2 Å². The third kappa shape index (κ3) is 3.90. The smallest absolute Gasteiger partial charge is 0.345 e. The van der Waals surface area contributed by atoms with Gasteiger partial charge in [0.25, 0.3) is 5.69 Å². The molecule has 34 heavy (non-hydrogen) atoms. The molecule has 0 unspecified atom stereocenters. The van der Waals surface area contributed by atoms with Crippen LogP contribution in [-0.2, 0) is 0 Å². The average molecular weight is 466 g/mol. The molecule has 0 aliphatic heterocycles. The minimum Gasteiger partial charge on any atom is -0.422 e. The summed E-state index contributed by atoms with van der Waals surface area (Å²) in [5, 5.41) is 28.3. The highest BCUT2D eigenvalue weighted by atomic mass is 32.1. The van der Waals surface area contributed by atoms with Gasteiger partial charge in [-0.2, -0.15) is 5.26 Å². The van der Waals surface area contributed by atoms with Gasteiger partial charge >= 0.3 is 5.63 Å². The molecule has 2 aromatic heterocycles. The molecule has 0 fully saturated rings. The molecule has 9 heteroatoms. The van der Waals surface area contributed by atoms with E-state index in [1.54, 1.807) is 29.6 Å². The van der Waals surface area contributed by atoms with Crippen LogP contribution < -0.4 is 10.9 Å². The maximum atomic E-state index is 12.7. The molecule has 5 rings (SSSR count). The molecule has 0 bridgehead atoms. The van der Waals surface area contributed by atoms with Crippen LogP contribution >= 0.6 is 11.3 Å². The van der Waals surface area contributed by atoms with E-state index in [0.717, 1.165) is 16.2 Å². The van der Waals surface area contributed by atoms with Crippen LogP contribution in [0.1, 0.15) is 5.01 Å². The number of nitrogens with zero attached hydrogens (tertiary/aromatic N) is 3. The third-order valence-electron chi connectivity index (χ3n) is 5.23. The van der Waals surface area contributed by atoms with E-state index in [1.165, 1.54) is 29.7 Å². The van der Waals surface area contributed by atoms with Crippen molar-refractivity contribution >= 4 is 50.0 Å². The second-order valence-corrected chi connectivity index (χ2v) is 8.16. The number of nitro groups is 1. The number of allylic oxidation sites excluding steroid dienone is 1. The Morgan fingerprint density at radius 3 is 2.68 bits per heavy atom. The van der Waals surface area contributed by atoms with Gasteiger partial charge in [0.05, 0.1) is 16.2 Å². The zero-order valence-corrected chi connectivity index (χ0v) is 18.2. The number of benzene rings is 3. The molecular formula is C25H14N4O4S. The zero-order chi connectivity index (χ0) is 23.7. The average Bonchev–Trinajstić information content (AvgIpc) is 3.34. The van der Waals surface area contributed by atoms with E-state index in [9.17, 15) is 20.2 Å². The Kier molecular flexibility index (Phi) is 5.33. The molecule has 164 valence electrons. The highest BCUT2D eigenvalue weighted by Gasteiger charge is 2.15. The number of anilines is 1. The van der Waals surface area contributed by atoms with Crippen molar-refractivity contribution in [3.05, 3.63) is 104 Å². The molecule has 3 aromatic carbocycles. The Balaban J connectivity index is 1.48. The summed E-state index contributed by atoms with van der Waals surface area (Å²) in [7, 11) is 0.